The Balaban J connectivity index is 1.84. The van der Waals surface area contributed by atoms with E-state index in [0.717, 1.165) is 10.8 Å². The number of fused-ring (bicyclic) bond motifs is 1. The van der Waals surface area contributed by atoms with Crippen LogP contribution in [-0.4, -0.2) is 31.5 Å². The van der Waals surface area contributed by atoms with Crippen LogP contribution < -0.4 is 11.1 Å². The van der Waals surface area contributed by atoms with Crippen LogP contribution in [0.4, 0.5) is 5.82 Å². The second-order valence-corrected chi connectivity index (χ2v) is 4.12. The molecule has 0 spiro atoms. The molecule has 3 aromatic rings. The average Bonchev–Trinajstić information content (AvgIpc) is 2.98. The Morgan fingerprint density at radius 2 is 2.20 bits per heavy atom. The lowest BCUT2D eigenvalue weighted by atomic mass is 10.1. The van der Waals surface area contributed by atoms with Crippen molar-refractivity contribution in [3.63, 3.8) is 0 Å². The summed E-state index contributed by atoms with van der Waals surface area (Å²) in [5, 5.41) is 17.5. The van der Waals surface area contributed by atoms with Crippen LogP contribution in [0.2, 0.25) is 0 Å². The molecule has 1 amide bonds. The number of benzene rings is 1. The first-order valence-electron chi connectivity index (χ1n) is 5.90. The summed E-state index contributed by atoms with van der Waals surface area (Å²) < 4.78 is 0. The van der Waals surface area contributed by atoms with Crippen molar-refractivity contribution < 1.29 is 4.79 Å². The molecular weight excluding hydrogens is 258 g/mol. The first-order valence-corrected chi connectivity index (χ1v) is 5.90. The van der Waals surface area contributed by atoms with E-state index in [1.165, 1.54) is 0 Å². The summed E-state index contributed by atoms with van der Waals surface area (Å²) in [6.07, 6.45) is 0. The summed E-state index contributed by atoms with van der Waals surface area (Å²) >= 11 is 0. The smallest absolute Gasteiger partial charge is 0.270 e. The van der Waals surface area contributed by atoms with E-state index < -0.39 is 0 Å². The lowest BCUT2D eigenvalue weighted by Gasteiger charge is -2.06. The predicted molar refractivity (Wildman–Crippen MR) is 71.5 cm³/mol. The highest BCUT2D eigenvalue weighted by atomic mass is 16.1. The molecule has 0 saturated heterocycles. The van der Waals surface area contributed by atoms with E-state index in [9.17, 15) is 4.79 Å². The molecule has 0 atom stereocenters. The van der Waals surface area contributed by atoms with Crippen LogP contribution >= 0.6 is 0 Å². The van der Waals surface area contributed by atoms with E-state index in [1.54, 1.807) is 6.07 Å². The van der Waals surface area contributed by atoms with Crippen molar-refractivity contribution in [3.05, 3.63) is 41.9 Å². The quantitative estimate of drug-likeness (QED) is 0.626. The third kappa shape index (κ3) is 2.26. The molecule has 4 N–H and O–H groups in total. The van der Waals surface area contributed by atoms with Gasteiger partial charge in [-0.3, -0.25) is 4.79 Å². The molecule has 100 valence electrons. The van der Waals surface area contributed by atoms with Gasteiger partial charge in [-0.2, -0.15) is 5.21 Å². The standard InChI is InChI=1S/C12H11N7O/c13-11-8-4-2-1-3-7(8)5-9(15-11)12(20)14-6-10-16-18-19-17-10/h1-5H,6H2,(H2,13,15)(H,14,20)(H,16,17,18,19). The Morgan fingerprint density at radius 1 is 1.35 bits per heavy atom. The van der Waals surface area contributed by atoms with Crippen LogP contribution in [0.3, 0.4) is 0 Å². The van der Waals surface area contributed by atoms with Crippen molar-refractivity contribution in [2.75, 3.05) is 5.73 Å². The molecule has 0 radical (unpaired) electrons. The van der Waals surface area contributed by atoms with Crippen molar-refractivity contribution >= 4 is 22.5 Å². The van der Waals surface area contributed by atoms with Crippen molar-refractivity contribution in [1.29, 1.82) is 0 Å². The third-order valence-electron chi connectivity index (χ3n) is 2.80. The molecule has 2 heterocycles. The van der Waals surface area contributed by atoms with Gasteiger partial charge in [0.05, 0.1) is 6.54 Å². The van der Waals surface area contributed by atoms with Crippen molar-refractivity contribution in [3.8, 4) is 0 Å². The van der Waals surface area contributed by atoms with Crippen molar-refractivity contribution in [2.24, 2.45) is 0 Å². The fraction of sp³-hybridized carbons (Fsp3) is 0.0833. The van der Waals surface area contributed by atoms with Crippen molar-refractivity contribution in [2.45, 2.75) is 6.54 Å². The zero-order chi connectivity index (χ0) is 13.9. The highest BCUT2D eigenvalue weighted by Gasteiger charge is 2.11. The fourth-order valence-electron chi connectivity index (χ4n) is 1.85. The van der Waals surface area contributed by atoms with Gasteiger partial charge in [-0.15, -0.1) is 10.2 Å². The molecule has 3 rings (SSSR count). The number of nitrogens with zero attached hydrogens (tertiary/aromatic N) is 4. The number of aromatic amines is 1. The zero-order valence-corrected chi connectivity index (χ0v) is 10.4. The van der Waals surface area contributed by atoms with Gasteiger partial charge < -0.3 is 11.1 Å². The van der Waals surface area contributed by atoms with Gasteiger partial charge in [0.2, 0.25) is 0 Å². The second kappa shape index (κ2) is 4.92. The second-order valence-electron chi connectivity index (χ2n) is 4.12. The lowest BCUT2D eigenvalue weighted by molar-refractivity contribution is 0.0945. The number of hydrogen-bond donors (Lipinski definition) is 3. The number of hydrogen-bond acceptors (Lipinski definition) is 6. The fourth-order valence-corrected chi connectivity index (χ4v) is 1.85. The van der Waals surface area contributed by atoms with E-state index >= 15 is 0 Å². The number of aromatic nitrogens is 5. The van der Waals surface area contributed by atoms with E-state index in [0.29, 0.717) is 11.6 Å². The Bertz CT molecular complexity index is 754. The summed E-state index contributed by atoms with van der Waals surface area (Å²) in [6.45, 7) is 0.170. The molecule has 0 unspecified atom stereocenters. The highest BCUT2D eigenvalue weighted by Crippen LogP contribution is 2.19. The molecule has 20 heavy (non-hydrogen) atoms. The van der Waals surface area contributed by atoms with Crippen LogP contribution in [0.15, 0.2) is 30.3 Å². The number of carbonyl (C=O) groups excluding carboxylic acids is 1. The number of tetrazole rings is 1. The number of nitrogen functional groups attached to an aromatic ring is 1. The molecule has 0 saturated carbocycles. The molecule has 8 heteroatoms. The number of pyridine rings is 1. The Labute approximate surface area is 113 Å². The van der Waals surface area contributed by atoms with Crippen LogP contribution in [0.25, 0.3) is 10.8 Å². The minimum absolute atomic E-state index is 0.170. The minimum atomic E-state index is -0.341. The Morgan fingerprint density at radius 3 is 3.00 bits per heavy atom. The number of nitrogens with one attached hydrogen (secondary N) is 2. The van der Waals surface area contributed by atoms with E-state index in [1.807, 2.05) is 24.3 Å². The molecule has 0 aliphatic carbocycles. The molecule has 1 aromatic carbocycles. The third-order valence-corrected chi connectivity index (χ3v) is 2.80. The number of H-pyrrole nitrogens is 1. The average molecular weight is 269 g/mol. The van der Waals surface area contributed by atoms with Gasteiger partial charge in [0, 0.05) is 5.39 Å². The molecule has 2 aromatic heterocycles. The van der Waals surface area contributed by atoms with Gasteiger partial charge in [0.1, 0.15) is 11.5 Å². The van der Waals surface area contributed by atoms with Crippen LogP contribution in [-0.2, 0) is 6.54 Å². The lowest BCUT2D eigenvalue weighted by Crippen LogP contribution is -2.24. The Kier molecular flexibility index (Phi) is 2.96. The molecule has 0 aliphatic rings. The summed E-state index contributed by atoms with van der Waals surface area (Å²) in [6, 6.07) is 9.18. The SMILES string of the molecule is Nc1nc(C(=O)NCc2nn[nH]n2)cc2ccccc12. The number of amides is 1. The summed E-state index contributed by atoms with van der Waals surface area (Å²) in [5.41, 5.74) is 6.11. The number of carbonyl (C=O) groups is 1. The molecule has 0 aliphatic heterocycles. The molecule has 0 bridgehead atoms. The van der Waals surface area contributed by atoms with Gasteiger partial charge in [0.25, 0.3) is 5.91 Å². The first-order chi connectivity index (χ1) is 9.74. The largest absolute Gasteiger partial charge is 0.383 e. The van der Waals surface area contributed by atoms with Crippen molar-refractivity contribution in [1.82, 2.24) is 30.9 Å². The maximum Gasteiger partial charge on any atom is 0.270 e. The first kappa shape index (κ1) is 12.0. The summed E-state index contributed by atoms with van der Waals surface area (Å²) in [5.74, 6) is 0.382. The van der Waals surface area contributed by atoms with Gasteiger partial charge in [0.15, 0.2) is 5.82 Å². The van der Waals surface area contributed by atoms with Crippen LogP contribution in [0.5, 0.6) is 0 Å². The number of nitrogens with two attached hydrogens (primary N) is 1. The highest BCUT2D eigenvalue weighted by molar-refractivity contribution is 5.99. The molecule has 0 fully saturated rings. The maximum atomic E-state index is 12.0. The van der Waals surface area contributed by atoms with Gasteiger partial charge >= 0.3 is 0 Å². The van der Waals surface area contributed by atoms with Gasteiger partial charge in [-0.1, -0.05) is 29.5 Å². The molecular formula is C12H11N7O. The Hall–Kier alpha value is -3.03. The van der Waals surface area contributed by atoms with Crippen LogP contribution in [0.1, 0.15) is 16.3 Å². The van der Waals surface area contributed by atoms with Crippen LogP contribution in [0, 0.1) is 0 Å². The number of rotatable bonds is 3. The zero-order valence-electron chi connectivity index (χ0n) is 10.4. The molecule has 8 nitrogen and oxygen atoms in total. The monoisotopic (exact) mass is 269 g/mol. The normalized spacial score (nSPS) is 10.6. The maximum absolute atomic E-state index is 12.0. The summed E-state index contributed by atoms with van der Waals surface area (Å²) in [7, 11) is 0. The van der Waals surface area contributed by atoms with E-state index in [-0.39, 0.29) is 18.1 Å². The van der Waals surface area contributed by atoms with E-state index in [4.69, 9.17) is 5.73 Å². The predicted octanol–water partition coefficient (Wildman–Crippen LogP) is 0.260. The number of anilines is 1. The van der Waals surface area contributed by atoms with E-state index in [2.05, 4.69) is 30.9 Å². The van der Waals surface area contributed by atoms with Gasteiger partial charge in [-0.05, 0) is 11.5 Å². The topological polar surface area (TPSA) is 122 Å². The summed E-state index contributed by atoms with van der Waals surface area (Å²) in [4.78, 5) is 16.1. The van der Waals surface area contributed by atoms with Gasteiger partial charge in [-0.25, -0.2) is 4.98 Å². The minimum Gasteiger partial charge on any atom is -0.383 e.